The summed E-state index contributed by atoms with van der Waals surface area (Å²) in [5.74, 6) is -4.20. The molecular weight excluding hydrogens is 454 g/mol. The molecule has 4 rings (SSSR count). The van der Waals surface area contributed by atoms with Crippen molar-refractivity contribution in [2.45, 2.75) is 31.7 Å². The van der Waals surface area contributed by atoms with Crippen molar-refractivity contribution in [2.24, 2.45) is 0 Å². The Kier molecular flexibility index (Phi) is 6.92. The van der Waals surface area contributed by atoms with Crippen LogP contribution in [0, 0.1) is 11.3 Å². The number of fused-ring (bicyclic) bond motifs is 1. The second kappa shape index (κ2) is 10.1. The molecule has 2 aromatic carbocycles. The lowest BCUT2D eigenvalue weighted by Crippen LogP contribution is -2.43. The predicted molar refractivity (Wildman–Crippen MR) is 126 cm³/mol. The zero-order chi connectivity index (χ0) is 25.0. The van der Waals surface area contributed by atoms with Gasteiger partial charge in [-0.05, 0) is 12.5 Å². The van der Waals surface area contributed by atoms with Gasteiger partial charge in [-0.1, -0.05) is 55.5 Å². The molecule has 1 aliphatic heterocycles. The normalized spacial score (nSPS) is 16.6. The van der Waals surface area contributed by atoms with Crippen molar-refractivity contribution < 1.29 is 23.1 Å². The first-order chi connectivity index (χ1) is 16.8. The van der Waals surface area contributed by atoms with Crippen molar-refractivity contribution in [1.82, 2.24) is 15.2 Å². The zero-order valence-corrected chi connectivity index (χ0v) is 19.1. The standard InChI is InChI=1S/C26H24F2N4O3/c1-2-12-35-24-22(25(34)30-15-21(33)32-16-26(27,28)13-18(32)14-29)19-10-6-7-11-20(19)31-23(24)17-8-4-3-5-9-17/h3-11,18H,2,12-13,15-16H2,1H3,(H,30,34)/t18-/m0/s1. The number of halogens is 2. The number of amides is 2. The molecule has 1 atom stereocenters. The number of benzene rings is 2. The van der Waals surface area contributed by atoms with Gasteiger partial charge in [0.25, 0.3) is 11.8 Å². The predicted octanol–water partition coefficient (Wildman–Crippen LogP) is 4.18. The quantitative estimate of drug-likeness (QED) is 0.550. The van der Waals surface area contributed by atoms with Crippen LogP contribution in [0.25, 0.3) is 22.2 Å². The van der Waals surface area contributed by atoms with Gasteiger partial charge in [-0.3, -0.25) is 9.59 Å². The van der Waals surface area contributed by atoms with E-state index >= 15 is 0 Å². The SMILES string of the molecule is CCCOc1c(-c2ccccc2)nc2ccccc2c1C(=O)NCC(=O)N1CC(F)(F)C[C@H]1C#N. The van der Waals surface area contributed by atoms with E-state index in [4.69, 9.17) is 15.0 Å². The van der Waals surface area contributed by atoms with Crippen LogP contribution in [-0.2, 0) is 4.79 Å². The topological polar surface area (TPSA) is 95.3 Å². The molecule has 1 aromatic heterocycles. The Hall–Kier alpha value is -4.06. The lowest BCUT2D eigenvalue weighted by Gasteiger charge is -2.20. The number of carbonyl (C=O) groups excluding carboxylic acids is 2. The van der Waals surface area contributed by atoms with E-state index in [1.807, 2.05) is 37.3 Å². The summed E-state index contributed by atoms with van der Waals surface area (Å²) >= 11 is 0. The molecule has 2 amide bonds. The lowest BCUT2D eigenvalue weighted by atomic mass is 10.0. The number of carbonyl (C=O) groups is 2. The fourth-order valence-corrected chi connectivity index (χ4v) is 4.10. The van der Waals surface area contributed by atoms with Crippen molar-refractivity contribution in [3.05, 3.63) is 60.2 Å². The highest BCUT2D eigenvalue weighted by Crippen LogP contribution is 2.37. The molecule has 0 unspecified atom stereocenters. The summed E-state index contributed by atoms with van der Waals surface area (Å²) in [5, 5.41) is 12.2. The number of hydrogen-bond acceptors (Lipinski definition) is 5. The van der Waals surface area contributed by atoms with Crippen LogP contribution in [0.3, 0.4) is 0 Å². The first-order valence-corrected chi connectivity index (χ1v) is 11.3. The van der Waals surface area contributed by atoms with Crippen LogP contribution in [0.5, 0.6) is 5.75 Å². The van der Waals surface area contributed by atoms with Crippen molar-refractivity contribution in [2.75, 3.05) is 19.7 Å². The Balaban J connectivity index is 1.70. The molecule has 180 valence electrons. The maximum absolute atomic E-state index is 13.8. The van der Waals surface area contributed by atoms with Crippen molar-refractivity contribution in [1.29, 1.82) is 5.26 Å². The van der Waals surface area contributed by atoms with Gasteiger partial charge in [0, 0.05) is 17.4 Å². The van der Waals surface area contributed by atoms with Crippen molar-refractivity contribution in [3.8, 4) is 23.1 Å². The minimum Gasteiger partial charge on any atom is -0.490 e. The number of nitriles is 1. The van der Waals surface area contributed by atoms with E-state index in [9.17, 15) is 18.4 Å². The number of rotatable bonds is 7. The van der Waals surface area contributed by atoms with Gasteiger partial charge < -0.3 is 15.0 Å². The number of para-hydroxylation sites is 1. The summed E-state index contributed by atoms with van der Waals surface area (Å²) in [4.78, 5) is 31.6. The third kappa shape index (κ3) is 5.06. The number of likely N-dealkylation sites (tertiary alicyclic amines) is 1. The lowest BCUT2D eigenvalue weighted by molar-refractivity contribution is -0.131. The van der Waals surface area contributed by atoms with Gasteiger partial charge in [0.1, 0.15) is 11.7 Å². The Morgan fingerprint density at radius 2 is 1.91 bits per heavy atom. The molecule has 35 heavy (non-hydrogen) atoms. The Bertz CT molecular complexity index is 1290. The maximum atomic E-state index is 13.8. The van der Waals surface area contributed by atoms with Crippen LogP contribution in [0.1, 0.15) is 30.1 Å². The average Bonchev–Trinajstić information content (AvgIpc) is 3.20. The summed E-state index contributed by atoms with van der Waals surface area (Å²) in [6.07, 6.45) is -0.0209. The highest BCUT2D eigenvalue weighted by Gasteiger charge is 2.47. The molecule has 1 saturated heterocycles. The molecule has 0 radical (unpaired) electrons. The molecule has 2 heterocycles. The van der Waals surface area contributed by atoms with Gasteiger partial charge in [-0.15, -0.1) is 0 Å². The van der Waals surface area contributed by atoms with E-state index in [0.717, 1.165) is 10.5 Å². The van der Waals surface area contributed by atoms with E-state index in [-0.39, 0.29) is 11.3 Å². The largest absolute Gasteiger partial charge is 0.490 e. The average molecular weight is 478 g/mol. The summed E-state index contributed by atoms with van der Waals surface area (Å²) in [6, 6.07) is 16.9. The smallest absolute Gasteiger partial charge is 0.268 e. The second-order valence-electron chi connectivity index (χ2n) is 8.31. The van der Waals surface area contributed by atoms with Gasteiger partial charge in [-0.2, -0.15) is 5.26 Å². The molecule has 7 nitrogen and oxygen atoms in total. The maximum Gasteiger partial charge on any atom is 0.268 e. The number of ether oxygens (including phenoxy) is 1. The number of nitrogens with one attached hydrogen (secondary N) is 1. The fourth-order valence-electron chi connectivity index (χ4n) is 4.10. The van der Waals surface area contributed by atoms with E-state index in [2.05, 4.69) is 5.32 Å². The van der Waals surface area contributed by atoms with Gasteiger partial charge in [0.2, 0.25) is 5.91 Å². The van der Waals surface area contributed by atoms with Crippen LogP contribution in [0.15, 0.2) is 54.6 Å². The van der Waals surface area contributed by atoms with Gasteiger partial charge >= 0.3 is 0 Å². The number of alkyl halides is 2. The third-order valence-corrected chi connectivity index (χ3v) is 5.71. The highest BCUT2D eigenvalue weighted by molar-refractivity contribution is 6.11. The Labute approximate surface area is 201 Å². The van der Waals surface area contributed by atoms with Gasteiger partial charge in [0.05, 0.1) is 36.8 Å². The fraction of sp³-hybridized carbons (Fsp3) is 0.308. The number of hydrogen-bond donors (Lipinski definition) is 1. The van der Waals surface area contributed by atoms with Crippen molar-refractivity contribution >= 4 is 22.7 Å². The van der Waals surface area contributed by atoms with Gasteiger partial charge in [0.15, 0.2) is 5.75 Å². The Morgan fingerprint density at radius 3 is 2.63 bits per heavy atom. The zero-order valence-electron chi connectivity index (χ0n) is 19.1. The number of pyridine rings is 1. The van der Waals surface area contributed by atoms with E-state index in [0.29, 0.717) is 29.6 Å². The molecule has 0 bridgehead atoms. The molecule has 1 fully saturated rings. The summed E-state index contributed by atoms with van der Waals surface area (Å²) in [5.41, 5.74) is 2.01. The first-order valence-electron chi connectivity index (χ1n) is 11.3. The molecular formula is C26H24F2N4O3. The van der Waals surface area contributed by atoms with E-state index in [1.165, 1.54) is 0 Å². The third-order valence-electron chi connectivity index (χ3n) is 5.71. The molecule has 3 aromatic rings. The van der Waals surface area contributed by atoms with Gasteiger partial charge in [-0.25, -0.2) is 13.8 Å². The molecule has 9 heteroatoms. The first kappa shape index (κ1) is 24.1. The van der Waals surface area contributed by atoms with Crippen LogP contribution < -0.4 is 10.1 Å². The molecule has 1 N–H and O–H groups in total. The summed E-state index contributed by atoms with van der Waals surface area (Å²) in [6.45, 7) is 0.900. The van der Waals surface area contributed by atoms with Crippen molar-refractivity contribution in [3.63, 3.8) is 0 Å². The highest BCUT2D eigenvalue weighted by atomic mass is 19.3. The van der Waals surface area contributed by atoms with E-state index < -0.39 is 43.3 Å². The van der Waals surface area contributed by atoms with E-state index in [1.54, 1.807) is 30.3 Å². The van der Waals surface area contributed by atoms with Crippen LogP contribution in [0.4, 0.5) is 8.78 Å². The number of nitrogens with zero attached hydrogens (tertiary/aromatic N) is 3. The second-order valence-corrected chi connectivity index (χ2v) is 8.31. The van der Waals surface area contributed by atoms with Crippen LogP contribution in [0.2, 0.25) is 0 Å². The summed E-state index contributed by atoms with van der Waals surface area (Å²) in [7, 11) is 0. The summed E-state index contributed by atoms with van der Waals surface area (Å²) < 4.78 is 33.5. The molecule has 0 saturated carbocycles. The Morgan fingerprint density at radius 1 is 1.20 bits per heavy atom. The molecule has 0 aliphatic carbocycles. The minimum absolute atomic E-state index is 0.208. The minimum atomic E-state index is -3.13. The molecule has 0 spiro atoms. The van der Waals surface area contributed by atoms with Crippen LogP contribution in [-0.4, -0.2) is 53.4 Å². The monoisotopic (exact) mass is 478 g/mol. The molecule has 1 aliphatic rings. The number of aromatic nitrogens is 1. The van der Waals surface area contributed by atoms with Crippen LogP contribution >= 0.6 is 0 Å².